The highest BCUT2D eigenvalue weighted by Crippen LogP contribution is 2.33. The van der Waals surface area contributed by atoms with Crippen molar-refractivity contribution in [3.05, 3.63) is 47.0 Å². The van der Waals surface area contributed by atoms with Gasteiger partial charge in [-0.1, -0.05) is 5.16 Å². The smallest absolute Gasteiger partial charge is 0.154 e. The summed E-state index contributed by atoms with van der Waals surface area (Å²) < 4.78 is 6.89. The first kappa shape index (κ1) is 14.1. The molecule has 0 unspecified atom stereocenters. The van der Waals surface area contributed by atoms with Crippen molar-refractivity contribution in [1.29, 1.82) is 0 Å². The van der Waals surface area contributed by atoms with E-state index >= 15 is 0 Å². The quantitative estimate of drug-likeness (QED) is 0.752. The van der Waals surface area contributed by atoms with Crippen molar-refractivity contribution in [1.82, 2.24) is 14.9 Å². The Morgan fingerprint density at radius 3 is 2.36 bits per heavy atom. The number of benzene rings is 1. The van der Waals surface area contributed by atoms with Gasteiger partial charge in [0.15, 0.2) is 6.29 Å². The number of hydrogen-bond acceptors (Lipinski definition) is 5. The number of phenolic OH excluding ortho intramolecular Hbond substituents is 1. The molecule has 0 aliphatic carbocycles. The highest BCUT2D eigenvalue weighted by molar-refractivity contribution is 5.89. The monoisotopic (exact) mass is 297 g/mol. The summed E-state index contributed by atoms with van der Waals surface area (Å²) in [7, 11) is 0. The number of hydrogen-bond donors (Lipinski definition) is 1. The van der Waals surface area contributed by atoms with Gasteiger partial charge in [-0.15, -0.1) is 0 Å². The molecule has 0 aliphatic rings. The second-order valence-electron chi connectivity index (χ2n) is 5.09. The van der Waals surface area contributed by atoms with Gasteiger partial charge in [-0.2, -0.15) is 5.10 Å². The van der Waals surface area contributed by atoms with Crippen molar-refractivity contribution in [3.63, 3.8) is 0 Å². The van der Waals surface area contributed by atoms with Crippen LogP contribution in [0.1, 0.15) is 27.5 Å². The van der Waals surface area contributed by atoms with Gasteiger partial charge in [0, 0.05) is 0 Å². The average molecular weight is 297 g/mol. The molecule has 0 saturated heterocycles. The molecule has 3 aromatic rings. The summed E-state index contributed by atoms with van der Waals surface area (Å²) in [5.74, 6) is 0.794. The van der Waals surface area contributed by atoms with Crippen LogP contribution >= 0.6 is 0 Å². The predicted octanol–water partition coefficient (Wildman–Crippen LogP) is 2.97. The molecule has 1 N–H and O–H groups in total. The van der Waals surface area contributed by atoms with E-state index in [1.54, 1.807) is 42.8 Å². The van der Waals surface area contributed by atoms with Crippen LogP contribution in [0.4, 0.5) is 0 Å². The zero-order chi connectivity index (χ0) is 15.9. The molecule has 2 aromatic heterocycles. The van der Waals surface area contributed by atoms with Crippen LogP contribution in [0.2, 0.25) is 0 Å². The number of phenols is 1. The molecule has 0 amide bonds. The standard InChI is InChI=1S/C16H15N3O3/c1-9-14(8-20)16(15-10(2)18-22-11(15)3)19(17-9)12-4-6-13(21)7-5-12/h4-8,21H,1-3H3. The Labute approximate surface area is 127 Å². The van der Waals surface area contributed by atoms with E-state index in [-0.39, 0.29) is 5.75 Å². The summed E-state index contributed by atoms with van der Waals surface area (Å²) in [6, 6.07) is 6.62. The summed E-state index contributed by atoms with van der Waals surface area (Å²) in [5.41, 5.74) is 3.97. The third-order valence-corrected chi connectivity index (χ3v) is 3.59. The fourth-order valence-corrected chi connectivity index (χ4v) is 2.52. The van der Waals surface area contributed by atoms with Gasteiger partial charge in [-0.25, -0.2) is 4.68 Å². The maximum absolute atomic E-state index is 11.5. The van der Waals surface area contributed by atoms with Gasteiger partial charge in [-0.05, 0) is 45.0 Å². The topological polar surface area (TPSA) is 81.2 Å². The number of carbonyl (C=O) groups is 1. The van der Waals surface area contributed by atoms with E-state index in [1.807, 2.05) is 6.92 Å². The maximum atomic E-state index is 11.5. The zero-order valence-electron chi connectivity index (χ0n) is 12.5. The molecule has 0 spiro atoms. The fourth-order valence-electron chi connectivity index (χ4n) is 2.52. The number of aryl methyl sites for hydroxylation is 3. The number of rotatable bonds is 3. The first-order valence-corrected chi connectivity index (χ1v) is 6.80. The Hall–Kier alpha value is -2.89. The van der Waals surface area contributed by atoms with Crippen molar-refractivity contribution in [2.24, 2.45) is 0 Å². The number of carbonyl (C=O) groups excluding carboxylic acids is 1. The number of nitrogens with zero attached hydrogens (tertiary/aromatic N) is 3. The normalized spacial score (nSPS) is 10.9. The van der Waals surface area contributed by atoms with Crippen molar-refractivity contribution in [2.45, 2.75) is 20.8 Å². The van der Waals surface area contributed by atoms with Crippen molar-refractivity contribution >= 4 is 6.29 Å². The molecular weight excluding hydrogens is 282 g/mol. The lowest BCUT2D eigenvalue weighted by Crippen LogP contribution is -2.01. The minimum Gasteiger partial charge on any atom is -0.508 e. The third kappa shape index (κ3) is 2.09. The molecule has 0 fully saturated rings. The summed E-state index contributed by atoms with van der Waals surface area (Å²) >= 11 is 0. The molecule has 0 atom stereocenters. The van der Waals surface area contributed by atoms with Gasteiger partial charge in [-0.3, -0.25) is 4.79 Å². The number of aromatic hydroxyl groups is 1. The third-order valence-electron chi connectivity index (χ3n) is 3.59. The average Bonchev–Trinajstić information content (AvgIpc) is 2.99. The van der Waals surface area contributed by atoms with Gasteiger partial charge < -0.3 is 9.63 Å². The molecule has 2 heterocycles. The molecule has 6 heteroatoms. The van der Waals surface area contributed by atoms with Crippen LogP contribution in [0.3, 0.4) is 0 Å². The summed E-state index contributed by atoms with van der Waals surface area (Å²) in [4.78, 5) is 11.5. The van der Waals surface area contributed by atoms with Crippen molar-refractivity contribution < 1.29 is 14.4 Å². The van der Waals surface area contributed by atoms with Gasteiger partial charge in [0.1, 0.15) is 11.5 Å². The van der Waals surface area contributed by atoms with E-state index in [9.17, 15) is 9.90 Å². The molecule has 6 nitrogen and oxygen atoms in total. The Kier molecular flexibility index (Phi) is 3.29. The van der Waals surface area contributed by atoms with Crippen LogP contribution in [-0.2, 0) is 0 Å². The number of aldehydes is 1. The molecule has 0 saturated carbocycles. The first-order chi connectivity index (χ1) is 10.5. The highest BCUT2D eigenvalue weighted by Gasteiger charge is 2.23. The molecule has 0 radical (unpaired) electrons. The first-order valence-electron chi connectivity index (χ1n) is 6.80. The van der Waals surface area contributed by atoms with Gasteiger partial charge in [0.2, 0.25) is 0 Å². The minimum absolute atomic E-state index is 0.169. The van der Waals surface area contributed by atoms with E-state index in [0.717, 1.165) is 17.5 Å². The fraction of sp³-hybridized carbons (Fsp3) is 0.188. The lowest BCUT2D eigenvalue weighted by Gasteiger charge is -2.08. The van der Waals surface area contributed by atoms with Crippen LogP contribution < -0.4 is 0 Å². The predicted molar refractivity (Wildman–Crippen MR) is 80.3 cm³/mol. The van der Waals surface area contributed by atoms with Gasteiger partial charge >= 0.3 is 0 Å². The SMILES string of the molecule is Cc1nn(-c2ccc(O)cc2)c(-c2c(C)noc2C)c1C=O. The summed E-state index contributed by atoms with van der Waals surface area (Å²) in [6.07, 6.45) is 0.792. The molecule has 0 aliphatic heterocycles. The largest absolute Gasteiger partial charge is 0.508 e. The van der Waals surface area contributed by atoms with Crippen molar-refractivity contribution in [3.8, 4) is 22.7 Å². The van der Waals surface area contributed by atoms with E-state index in [4.69, 9.17) is 4.52 Å². The summed E-state index contributed by atoms with van der Waals surface area (Å²) in [6.45, 7) is 5.40. The van der Waals surface area contributed by atoms with Gasteiger partial charge in [0.25, 0.3) is 0 Å². The van der Waals surface area contributed by atoms with Gasteiger partial charge in [0.05, 0.1) is 33.9 Å². The summed E-state index contributed by atoms with van der Waals surface area (Å²) in [5, 5.41) is 17.8. The molecule has 3 rings (SSSR count). The Morgan fingerprint density at radius 1 is 1.14 bits per heavy atom. The van der Waals surface area contributed by atoms with Crippen LogP contribution in [0.15, 0.2) is 28.8 Å². The van der Waals surface area contributed by atoms with Crippen molar-refractivity contribution in [2.75, 3.05) is 0 Å². The second kappa shape index (κ2) is 5.14. The number of aromatic nitrogens is 3. The lowest BCUT2D eigenvalue weighted by molar-refractivity contribution is 0.112. The molecule has 0 bridgehead atoms. The second-order valence-corrected chi connectivity index (χ2v) is 5.09. The van der Waals surface area contributed by atoms with E-state index in [2.05, 4.69) is 10.3 Å². The Morgan fingerprint density at radius 2 is 1.82 bits per heavy atom. The maximum Gasteiger partial charge on any atom is 0.154 e. The van der Waals surface area contributed by atoms with Crippen LogP contribution in [-0.4, -0.2) is 26.3 Å². The lowest BCUT2D eigenvalue weighted by atomic mass is 10.1. The van der Waals surface area contributed by atoms with E-state index < -0.39 is 0 Å². The highest BCUT2D eigenvalue weighted by atomic mass is 16.5. The van der Waals surface area contributed by atoms with Crippen LogP contribution in [0.25, 0.3) is 16.9 Å². The Balaban J connectivity index is 2.33. The zero-order valence-corrected chi connectivity index (χ0v) is 12.5. The molecule has 1 aromatic carbocycles. The van der Waals surface area contributed by atoms with E-state index in [0.29, 0.717) is 28.4 Å². The van der Waals surface area contributed by atoms with Crippen LogP contribution in [0.5, 0.6) is 5.75 Å². The molecular formula is C16H15N3O3. The molecule has 22 heavy (non-hydrogen) atoms. The molecule has 112 valence electrons. The van der Waals surface area contributed by atoms with Crippen LogP contribution in [0, 0.1) is 20.8 Å². The Bertz CT molecular complexity index is 825. The van der Waals surface area contributed by atoms with E-state index in [1.165, 1.54) is 0 Å². The minimum atomic E-state index is 0.169.